The van der Waals surface area contributed by atoms with Crippen LogP contribution in [0.5, 0.6) is 0 Å². The Morgan fingerprint density at radius 1 is 1.10 bits per heavy atom. The van der Waals surface area contributed by atoms with Crippen molar-refractivity contribution in [1.82, 2.24) is 4.31 Å². The molecule has 0 heterocycles. The Balaban J connectivity index is 2.35. The van der Waals surface area contributed by atoms with E-state index < -0.39 is 10.0 Å². The molecule has 7 heteroatoms. The quantitative estimate of drug-likeness (QED) is 0.817. The van der Waals surface area contributed by atoms with E-state index in [1.807, 2.05) is 24.3 Å². The Hall–Kier alpha value is -1.02. The highest BCUT2D eigenvalue weighted by molar-refractivity contribution is 9.10. The molecule has 21 heavy (non-hydrogen) atoms. The van der Waals surface area contributed by atoms with Crippen molar-refractivity contribution in [3.8, 4) is 0 Å². The van der Waals surface area contributed by atoms with Gasteiger partial charge in [0.1, 0.15) is 0 Å². The highest BCUT2D eigenvalue weighted by Crippen LogP contribution is 2.37. The first kappa shape index (κ1) is 16.4. The van der Waals surface area contributed by atoms with E-state index in [0.717, 1.165) is 14.3 Å². The molecule has 0 aliphatic heterocycles. The van der Waals surface area contributed by atoms with E-state index in [4.69, 9.17) is 5.73 Å². The van der Waals surface area contributed by atoms with Gasteiger partial charge in [0.05, 0.1) is 4.90 Å². The van der Waals surface area contributed by atoms with E-state index in [-0.39, 0.29) is 4.90 Å². The minimum Gasteiger partial charge on any atom is -0.398 e. The van der Waals surface area contributed by atoms with Crippen LogP contribution in [0.3, 0.4) is 0 Å². The molecule has 0 radical (unpaired) electrons. The van der Waals surface area contributed by atoms with E-state index in [1.165, 1.54) is 36.2 Å². The molecule has 0 spiro atoms. The standard InChI is InChI=1S/C14H15BrN2O2S2/c1-17(2)21(18,19)10-7-8-14(12(16)9-10)20-13-6-4-3-5-11(13)15/h3-9H,16H2,1-2H3. The molecule has 0 aliphatic carbocycles. The van der Waals surface area contributed by atoms with Crippen LogP contribution in [-0.2, 0) is 10.0 Å². The fourth-order valence-corrected chi connectivity index (χ4v) is 3.96. The van der Waals surface area contributed by atoms with Crippen molar-refractivity contribution in [2.75, 3.05) is 19.8 Å². The van der Waals surface area contributed by atoms with Crippen LogP contribution in [0.1, 0.15) is 0 Å². The van der Waals surface area contributed by atoms with Crippen LogP contribution in [0, 0.1) is 0 Å². The Morgan fingerprint density at radius 2 is 1.76 bits per heavy atom. The highest BCUT2D eigenvalue weighted by Gasteiger charge is 2.18. The first-order valence-electron chi connectivity index (χ1n) is 6.07. The summed E-state index contributed by atoms with van der Waals surface area (Å²) in [5.74, 6) is 0. The van der Waals surface area contributed by atoms with E-state index in [1.54, 1.807) is 12.1 Å². The van der Waals surface area contributed by atoms with Crippen LogP contribution in [0.15, 0.2) is 61.6 Å². The maximum absolute atomic E-state index is 12.1. The second-order valence-corrected chi connectivity index (χ2v) is 8.61. The fourth-order valence-electron chi connectivity index (χ4n) is 1.64. The number of benzene rings is 2. The predicted molar refractivity (Wildman–Crippen MR) is 90.0 cm³/mol. The summed E-state index contributed by atoms with van der Waals surface area (Å²) < 4.78 is 26.3. The third-order valence-corrected chi connectivity index (χ3v) is 6.75. The van der Waals surface area contributed by atoms with Crippen LogP contribution in [0.4, 0.5) is 5.69 Å². The molecular weight excluding hydrogens is 372 g/mol. The average molecular weight is 387 g/mol. The lowest BCUT2D eigenvalue weighted by molar-refractivity contribution is 0.520. The Labute approximate surface area is 137 Å². The maximum Gasteiger partial charge on any atom is 0.242 e. The van der Waals surface area contributed by atoms with Crippen LogP contribution < -0.4 is 5.73 Å². The molecule has 2 aromatic rings. The van der Waals surface area contributed by atoms with Crippen molar-refractivity contribution in [3.05, 3.63) is 46.9 Å². The predicted octanol–water partition coefficient (Wildman–Crippen LogP) is 3.43. The Bertz CT molecular complexity index is 761. The summed E-state index contributed by atoms with van der Waals surface area (Å²) >= 11 is 4.97. The number of anilines is 1. The van der Waals surface area contributed by atoms with Crippen molar-refractivity contribution in [1.29, 1.82) is 0 Å². The van der Waals surface area contributed by atoms with Gasteiger partial charge in [0.25, 0.3) is 0 Å². The zero-order valence-electron chi connectivity index (χ0n) is 11.6. The van der Waals surface area contributed by atoms with Gasteiger partial charge >= 0.3 is 0 Å². The molecule has 0 bridgehead atoms. The lowest BCUT2D eigenvalue weighted by Gasteiger charge is -2.13. The number of rotatable bonds is 4. The fraction of sp³-hybridized carbons (Fsp3) is 0.143. The molecule has 2 rings (SSSR count). The molecule has 0 atom stereocenters. The van der Waals surface area contributed by atoms with Gasteiger partial charge in [-0.3, -0.25) is 0 Å². The highest BCUT2D eigenvalue weighted by atomic mass is 79.9. The zero-order chi connectivity index (χ0) is 15.6. The summed E-state index contributed by atoms with van der Waals surface area (Å²) in [4.78, 5) is 2.04. The summed E-state index contributed by atoms with van der Waals surface area (Å²) in [7, 11) is -0.472. The van der Waals surface area contributed by atoms with Crippen LogP contribution >= 0.6 is 27.7 Å². The molecule has 2 N–H and O–H groups in total. The molecule has 0 saturated carbocycles. The molecule has 0 amide bonds. The number of nitrogens with zero attached hydrogens (tertiary/aromatic N) is 1. The number of halogens is 1. The minimum atomic E-state index is -3.46. The monoisotopic (exact) mass is 386 g/mol. The molecule has 0 fully saturated rings. The number of nitrogens with two attached hydrogens (primary N) is 1. The molecule has 0 aliphatic rings. The normalized spacial score (nSPS) is 11.8. The molecular formula is C14H15BrN2O2S2. The average Bonchev–Trinajstić information content (AvgIpc) is 2.43. The summed E-state index contributed by atoms with van der Waals surface area (Å²) in [6.45, 7) is 0. The topological polar surface area (TPSA) is 63.4 Å². The molecule has 4 nitrogen and oxygen atoms in total. The van der Waals surface area contributed by atoms with Gasteiger partial charge in [-0.25, -0.2) is 12.7 Å². The van der Waals surface area contributed by atoms with Gasteiger partial charge in [0, 0.05) is 34.0 Å². The Kier molecular flexibility index (Phi) is 4.98. The molecule has 0 unspecified atom stereocenters. The molecule has 0 saturated heterocycles. The first-order valence-corrected chi connectivity index (χ1v) is 9.12. The van der Waals surface area contributed by atoms with Crippen LogP contribution in [-0.4, -0.2) is 26.8 Å². The van der Waals surface area contributed by atoms with E-state index in [0.29, 0.717) is 5.69 Å². The first-order chi connectivity index (χ1) is 9.82. The van der Waals surface area contributed by atoms with Gasteiger partial charge in [0.2, 0.25) is 10.0 Å². The summed E-state index contributed by atoms with van der Waals surface area (Å²) in [5.41, 5.74) is 6.44. The van der Waals surface area contributed by atoms with Gasteiger partial charge in [-0.15, -0.1) is 0 Å². The maximum atomic E-state index is 12.1. The van der Waals surface area contributed by atoms with Crippen LogP contribution in [0.2, 0.25) is 0 Å². The van der Waals surface area contributed by atoms with Crippen molar-refractivity contribution in [2.45, 2.75) is 14.7 Å². The number of sulfonamides is 1. The number of nitrogen functional groups attached to an aromatic ring is 1. The van der Waals surface area contributed by atoms with Crippen molar-refractivity contribution in [2.24, 2.45) is 0 Å². The zero-order valence-corrected chi connectivity index (χ0v) is 14.8. The third kappa shape index (κ3) is 3.60. The smallest absolute Gasteiger partial charge is 0.242 e. The second-order valence-electron chi connectivity index (χ2n) is 4.52. The van der Waals surface area contributed by atoms with Gasteiger partial charge in [-0.05, 0) is 46.3 Å². The second kappa shape index (κ2) is 6.39. The van der Waals surface area contributed by atoms with Gasteiger partial charge < -0.3 is 5.73 Å². The minimum absolute atomic E-state index is 0.196. The largest absolute Gasteiger partial charge is 0.398 e. The van der Waals surface area contributed by atoms with Gasteiger partial charge in [0.15, 0.2) is 0 Å². The van der Waals surface area contributed by atoms with Crippen LogP contribution in [0.25, 0.3) is 0 Å². The van der Waals surface area contributed by atoms with E-state index in [9.17, 15) is 8.42 Å². The molecule has 2 aromatic carbocycles. The van der Waals surface area contributed by atoms with E-state index >= 15 is 0 Å². The molecule has 0 aromatic heterocycles. The lowest BCUT2D eigenvalue weighted by atomic mass is 10.3. The van der Waals surface area contributed by atoms with Crippen molar-refractivity contribution in [3.63, 3.8) is 0 Å². The number of hydrogen-bond donors (Lipinski definition) is 1. The van der Waals surface area contributed by atoms with E-state index in [2.05, 4.69) is 15.9 Å². The van der Waals surface area contributed by atoms with Gasteiger partial charge in [-0.1, -0.05) is 23.9 Å². The summed E-state index contributed by atoms with van der Waals surface area (Å²) in [5, 5.41) is 0. The van der Waals surface area contributed by atoms with Gasteiger partial charge in [-0.2, -0.15) is 0 Å². The lowest BCUT2D eigenvalue weighted by Crippen LogP contribution is -2.22. The summed E-state index contributed by atoms with van der Waals surface area (Å²) in [6.07, 6.45) is 0. The summed E-state index contributed by atoms with van der Waals surface area (Å²) in [6, 6.07) is 12.6. The third-order valence-electron chi connectivity index (χ3n) is 2.82. The van der Waals surface area contributed by atoms with Crippen molar-refractivity contribution < 1.29 is 8.42 Å². The Morgan fingerprint density at radius 3 is 2.33 bits per heavy atom. The SMILES string of the molecule is CN(C)S(=O)(=O)c1ccc(Sc2ccccc2Br)c(N)c1. The number of hydrogen-bond acceptors (Lipinski definition) is 4. The molecule has 112 valence electrons. The van der Waals surface area contributed by atoms with Crippen molar-refractivity contribution >= 4 is 43.4 Å².